The van der Waals surface area contributed by atoms with Gasteiger partial charge < -0.3 is 14.4 Å². The Hall–Kier alpha value is -2.23. The Bertz CT molecular complexity index is 733. The van der Waals surface area contributed by atoms with E-state index in [0.717, 1.165) is 33.5 Å². The summed E-state index contributed by atoms with van der Waals surface area (Å²) in [7, 11) is 0. The lowest BCUT2D eigenvalue weighted by atomic mass is 10.00. The number of aryl methyl sites for hydroxylation is 1. The summed E-state index contributed by atoms with van der Waals surface area (Å²) in [5, 5.41) is 0. The predicted molar refractivity (Wildman–Crippen MR) is 66.1 cm³/mol. The molecule has 0 fully saturated rings. The summed E-state index contributed by atoms with van der Waals surface area (Å²) in [6.07, 6.45) is 1.63. The summed E-state index contributed by atoms with van der Waals surface area (Å²) in [5.74, 6) is 0.770. The van der Waals surface area contributed by atoms with Gasteiger partial charge in [-0.3, -0.25) is 0 Å². The van der Waals surface area contributed by atoms with Crippen molar-refractivity contribution in [2.24, 2.45) is 0 Å². The molecule has 0 radical (unpaired) electrons. The Kier molecular flexibility index (Phi) is 1.98. The van der Waals surface area contributed by atoms with Gasteiger partial charge in [0.1, 0.15) is 5.76 Å². The topological polar surface area (TPSA) is 61.8 Å². The minimum Gasteiger partial charge on any atom is -0.464 e. The number of aromatic amines is 2. The minimum absolute atomic E-state index is 0.196. The molecular weight excluding hydrogens is 216 g/mol. The third-order valence-electron chi connectivity index (χ3n) is 3.10. The first-order valence-corrected chi connectivity index (χ1v) is 5.43. The highest BCUT2D eigenvalue weighted by molar-refractivity contribution is 5.93. The van der Waals surface area contributed by atoms with Gasteiger partial charge in [-0.05, 0) is 43.2 Å². The number of fused-ring (bicyclic) bond motifs is 1. The number of furan rings is 1. The third-order valence-corrected chi connectivity index (χ3v) is 3.10. The van der Waals surface area contributed by atoms with E-state index in [9.17, 15) is 4.79 Å². The molecule has 0 atom stereocenters. The van der Waals surface area contributed by atoms with Gasteiger partial charge in [0.05, 0.1) is 17.3 Å². The Morgan fingerprint density at radius 3 is 2.76 bits per heavy atom. The molecule has 0 unspecified atom stereocenters. The van der Waals surface area contributed by atoms with Gasteiger partial charge in [0.25, 0.3) is 0 Å². The molecule has 1 aromatic carbocycles. The molecule has 4 nitrogen and oxygen atoms in total. The van der Waals surface area contributed by atoms with Gasteiger partial charge in [-0.2, -0.15) is 0 Å². The molecular formula is C13H12N2O2. The molecule has 0 bridgehead atoms. The Morgan fingerprint density at radius 2 is 2.06 bits per heavy atom. The first-order valence-electron chi connectivity index (χ1n) is 5.43. The minimum atomic E-state index is -0.196. The molecule has 0 saturated heterocycles. The molecule has 4 heteroatoms. The molecule has 0 amide bonds. The third kappa shape index (κ3) is 1.41. The fourth-order valence-corrected chi connectivity index (χ4v) is 2.14. The highest BCUT2D eigenvalue weighted by Crippen LogP contribution is 2.31. The van der Waals surface area contributed by atoms with E-state index in [1.807, 2.05) is 32.0 Å². The summed E-state index contributed by atoms with van der Waals surface area (Å²) in [6.45, 7) is 4.05. The molecule has 0 aliphatic rings. The average molecular weight is 228 g/mol. The van der Waals surface area contributed by atoms with Crippen molar-refractivity contribution in [3.05, 3.63) is 46.1 Å². The van der Waals surface area contributed by atoms with E-state index in [4.69, 9.17) is 4.42 Å². The Morgan fingerprint density at radius 1 is 1.24 bits per heavy atom. The summed E-state index contributed by atoms with van der Waals surface area (Å²) >= 11 is 0. The van der Waals surface area contributed by atoms with Crippen LogP contribution in [0.5, 0.6) is 0 Å². The van der Waals surface area contributed by atoms with E-state index >= 15 is 0 Å². The van der Waals surface area contributed by atoms with Crippen molar-refractivity contribution in [1.82, 2.24) is 9.97 Å². The van der Waals surface area contributed by atoms with Crippen molar-refractivity contribution in [2.45, 2.75) is 13.8 Å². The molecule has 3 rings (SSSR count). The maximum absolute atomic E-state index is 11.4. The number of rotatable bonds is 1. The van der Waals surface area contributed by atoms with Crippen LogP contribution in [-0.2, 0) is 0 Å². The van der Waals surface area contributed by atoms with Gasteiger partial charge in [0.15, 0.2) is 0 Å². The first kappa shape index (κ1) is 9.96. The number of nitrogens with one attached hydrogen (secondary N) is 2. The lowest BCUT2D eigenvalue weighted by Gasteiger charge is -2.07. The highest BCUT2D eigenvalue weighted by Gasteiger charge is 2.14. The zero-order valence-electron chi connectivity index (χ0n) is 9.63. The van der Waals surface area contributed by atoms with Gasteiger partial charge >= 0.3 is 5.69 Å². The van der Waals surface area contributed by atoms with Crippen LogP contribution in [0.4, 0.5) is 0 Å². The molecule has 0 aliphatic carbocycles. The smallest absolute Gasteiger partial charge is 0.323 e. The maximum Gasteiger partial charge on any atom is 0.323 e. The normalized spacial score (nSPS) is 11.2. The summed E-state index contributed by atoms with van der Waals surface area (Å²) in [4.78, 5) is 17.0. The average Bonchev–Trinajstić information content (AvgIpc) is 2.89. The van der Waals surface area contributed by atoms with Crippen molar-refractivity contribution in [3.63, 3.8) is 0 Å². The Labute approximate surface area is 97.3 Å². The van der Waals surface area contributed by atoms with Crippen LogP contribution in [0.15, 0.2) is 33.7 Å². The summed E-state index contributed by atoms with van der Waals surface area (Å²) < 4.78 is 5.44. The number of benzene rings is 1. The first-order chi connectivity index (χ1) is 8.16. The number of H-pyrrole nitrogens is 2. The van der Waals surface area contributed by atoms with E-state index in [2.05, 4.69) is 9.97 Å². The monoisotopic (exact) mass is 228 g/mol. The van der Waals surface area contributed by atoms with Crippen molar-refractivity contribution in [2.75, 3.05) is 0 Å². The largest absolute Gasteiger partial charge is 0.464 e. The second-order valence-electron chi connectivity index (χ2n) is 4.17. The lowest BCUT2D eigenvalue weighted by Crippen LogP contribution is -1.99. The van der Waals surface area contributed by atoms with Crippen LogP contribution in [0, 0.1) is 13.8 Å². The van der Waals surface area contributed by atoms with Crippen LogP contribution in [0.1, 0.15) is 11.1 Å². The molecule has 0 aliphatic heterocycles. The van der Waals surface area contributed by atoms with Crippen LogP contribution < -0.4 is 5.69 Å². The number of aromatic nitrogens is 2. The molecule has 2 aromatic heterocycles. The molecule has 17 heavy (non-hydrogen) atoms. The van der Waals surface area contributed by atoms with Gasteiger partial charge in [0.2, 0.25) is 0 Å². The van der Waals surface area contributed by atoms with Crippen LogP contribution in [0.2, 0.25) is 0 Å². The molecule has 2 N–H and O–H groups in total. The molecule has 86 valence electrons. The number of hydrogen-bond donors (Lipinski definition) is 2. The maximum atomic E-state index is 11.4. The van der Waals surface area contributed by atoms with E-state index in [1.165, 1.54) is 0 Å². The van der Waals surface area contributed by atoms with Crippen LogP contribution >= 0.6 is 0 Å². The van der Waals surface area contributed by atoms with Crippen molar-refractivity contribution in [3.8, 4) is 11.3 Å². The van der Waals surface area contributed by atoms with Crippen LogP contribution in [-0.4, -0.2) is 9.97 Å². The second-order valence-corrected chi connectivity index (χ2v) is 4.17. The van der Waals surface area contributed by atoms with Gasteiger partial charge in [-0.15, -0.1) is 0 Å². The summed E-state index contributed by atoms with van der Waals surface area (Å²) in [5.41, 5.74) is 4.60. The summed E-state index contributed by atoms with van der Waals surface area (Å²) in [6, 6.07) is 5.70. The molecule has 0 spiro atoms. The van der Waals surface area contributed by atoms with E-state index in [0.29, 0.717) is 0 Å². The zero-order valence-corrected chi connectivity index (χ0v) is 9.63. The van der Waals surface area contributed by atoms with E-state index < -0.39 is 0 Å². The van der Waals surface area contributed by atoms with Crippen molar-refractivity contribution in [1.29, 1.82) is 0 Å². The van der Waals surface area contributed by atoms with E-state index in [1.54, 1.807) is 6.26 Å². The standard InChI is InChI=1S/C13H12N2O2/c1-7-6-9-12(15-13(16)14-9)11(8(7)2)10-4-3-5-17-10/h3-6H,1-2H3,(H2,14,15,16). The van der Waals surface area contributed by atoms with Crippen LogP contribution in [0.25, 0.3) is 22.4 Å². The van der Waals surface area contributed by atoms with Gasteiger partial charge in [0, 0.05) is 5.56 Å². The predicted octanol–water partition coefficient (Wildman–Crippen LogP) is 2.73. The van der Waals surface area contributed by atoms with Gasteiger partial charge in [-0.1, -0.05) is 0 Å². The highest BCUT2D eigenvalue weighted by atomic mass is 16.3. The number of hydrogen-bond acceptors (Lipinski definition) is 2. The lowest BCUT2D eigenvalue weighted by molar-refractivity contribution is 0.582. The number of imidazole rings is 1. The molecule has 0 saturated carbocycles. The SMILES string of the molecule is Cc1cc2[nH]c(=O)[nH]c2c(-c2ccco2)c1C. The van der Waals surface area contributed by atoms with Crippen LogP contribution in [0.3, 0.4) is 0 Å². The van der Waals surface area contributed by atoms with E-state index in [-0.39, 0.29) is 5.69 Å². The second kappa shape index (κ2) is 3.38. The Balaban J connectivity index is 2.49. The molecule has 3 aromatic rings. The van der Waals surface area contributed by atoms with Gasteiger partial charge in [-0.25, -0.2) is 4.79 Å². The van der Waals surface area contributed by atoms with Crippen molar-refractivity contribution < 1.29 is 4.42 Å². The molecule has 2 heterocycles. The zero-order chi connectivity index (χ0) is 12.0. The van der Waals surface area contributed by atoms with Crippen molar-refractivity contribution >= 4 is 11.0 Å². The fourth-order valence-electron chi connectivity index (χ4n) is 2.14. The quantitative estimate of drug-likeness (QED) is 0.672. The fraction of sp³-hybridized carbons (Fsp3) is 0.154.